The summed E-state index contributed by atoms with van der Waals surface area (Å²) in [5.74, 6) is -11.7. The third-order valence-electron chi connectivity index (χ3n) is 0.533. The van der Waals surface area contributed by atoms with Crippen LogP contribution < -0.4 is 10.2 Å². The van der Waals surface area contributed by atoms with Gasteiger partial charge in [0.1, 0.15) is 0 Å². The van der Waals surface area contributed by atoms with E-state index in [0.717, 1.165) is 0 Å². The minimum atomic E-state index is -2.19. The van der Waals surface area contributed by atoms with Crippen molar-refractivity contribution in [2.24, 2.45) is 0 Å². The summed E-state index contributed by atoms with van der Waals surface area (Å²) in [7, 11) is 0. The summed E-state index contributed by atoms with van der Waals surface area (Å²) < 4.78 is 0. The number of hydrogen-bond donors (Lipinski definition) is 4. The summed E-state index contributed by atoms with van der Waals surface area (Å²) >= 11 is 0. The fourth-order valence-electron chi connectivity index (χ4n) is 0. The van der Waals surface area contributed by atoms with Crippen molar-refractivity contribution in [3.63, 3.8) is 0 Å². The van der Waals surface area contributed by atoms with E-state index in [1.807, 2.05) is 0 Å². The summed E-state index contributed by atoms with van der Waals surface area (Å²) in [6.07, 6.45) is 0. The number of hydrogen-bond acceptors (Lipinski definition) is 8. The second kappa shape index (κ2) is 18.1. The van der Waals surface area contributed by atoms with E-state index in [1.54, 1.807) is 0 Å². The standard InChI is InChI=1S/3C2H2O4.Ba.Ti/c3*3-1(4)2(5)6;;/h3*(H,3,4)(H,5,6);;/q;;;+2;/p-2. The average molecular weight is 453 g/mol. The van der Waals surface area contributed by atoms with Gasteiger partial charge in [-0.3, -0.25) is 0 Å². The van der Waals surface area contributed by atoms with Crippen molar-refractivity contribution in [1.29, 1.82) is 0 Å². The van der Waals surface area contributed by atoms with Gasteiger partial charge >= 0.3 is 72.8 Å². The fraction of sp³-hybridized carbons (Fsp3) is 0. The Balaban J connectivity index is -0.0000000536. The van der Waals surface area contributed by atoms with E-state index in [4.69, 9.17) is 59.4 Å². The van der Waals surface area contributed by atoms with Crippen molar-refractivity contribution >= 4 is 84.7 Å². The van der Waals surface area contributed by atoms with Gasteiger partial charge in [0.2, 0.25) is 0 Å². The van der Waals surface area contributed by atoms with Crippen molar-refractivity contribution in [1.82, 2.24) is 0 Å². The van der Waals surface area contributed by atoms with Crippen LogP contribution in [0, 0.1) is 0 Å². The Labute approximate surface area is 164 Å². The Bertz CT molecular complexity index is 283. The van der Waals surface area contributed by atoms with Gasteiger partial charge in [-0.05, 0) is 0 Å². The van der Waals surface area contributed by atoms with Crippen LogP contribution in [0.15, 0.2) is 0 Å². The Morgan fingerprint density at radius 1 is 0.550 bits per heavy atom. The fourth-order valence-corrected chi connectivity index (χ4v) is 0. The van der Waals surface area contributed by atoms with E-state index in [1.165, 1.54) is 0 Å². The summed E-state index contributed by atoms with van der Waals surface area (Å²) in [6.45, 7) is 0. The normalized spacial score (nSPS) is 6.60. The van der Waals surface area contributed by atoms with Crippen molar-refractivity contribution in [3.8, 4) is 0 Å². The number of aliphatic carboxylic acids is 6. The first kappa shape index (κ1) is 31.5. The number of rotatable bonds is 0. The van der Waals surface area contributed by atoms with Crippen LogP contribution in [0.3, 0.4) is 0 Å². The molecule has 0 saturated carbocycles. The Kier molecular flexibility index (Phi) is 28.5. The van der Waals surface area contributed by atoms with Crippen molar-refractivity contribution in [2.75, 3.05) is 0 Å². The molecule has 0 unspecified atom stereocenters. The van der Waals surface area contributed by atoms with Crippen molar-refractivity contribution < 1.29 is 81.1 Å². The van der Waals surface area contributed by atoms with Crippen LogP contribution >= 0.6 is 0 Å². The molecule has 0 aliphatic carbocycles. The molecule has 14 heteroatoms. The minimum Gasteiger partial charge on any atom is -0.543 e. The molecule has 0 fully saturated rings. The molecule has 0 aromatic rings. The van der Waals surface area contributed by atoms with Crippen LogP contribution in [0.25, 0.3) is 0 Å². The van der Waals surface area contributed by atoms with Crippen LogP contribution in [-0.4, -0.2) is 105 Å². The van der Waals surface area contributed by atoms with Gasteiger partial charge < -0.3 is 40.2 Å². The molecular weight excluding hydrogens is 449 g/mol. The molecule has 0 bridgehead atoms. The SMILES string of the molecule is O=C(O)C(=O)O.O=C(O)C(=O)O.O=C([O-])C(=O)[O-].[Ba+2].[Ti]. The molecule has 0 atom stereocenters. The maximum atomic E-state index is 9.10. The molecule has 0 heterocycles. The number of carboxylic acids is 6. The van der Waals surface area contributed by atoms with Crippen molar-refractivity contribution in [3.05, 3.63) is 0 Å². The number of carbonyl (C=O) groups is 6. The second-order valence-electron chi connectivity index (χ2n) is 1.80. The molecule has 0 aromatic heterocycles. The molecule has 0 aromatic carbocycles. The Hall–Kier alpha value is -0.894. The first-order valence-electron chi connectivity index (χ1n) is 3.28. The first-order valence-corrected chi connectivity index (χ1v) is 3.28. The van der Waals surface area contributed by atoms with Crippen LogP contribution in [-0.2, 0) is 50.5 Å². The van der Waals surface area contributed by atoms with Gasteiger partial charge in [0, 0.05) is 21.7 Å². The average Bonchev–Trinajstić information content (AvgIpc) is 2.18. The van der Waals surface area contributed by atoms with Gasteiger partial charge in [-0.1, -0.05) is 0 Å². The molecule has 0 aliphatic heterocycles. The van der Waals surface area contributed by atoms with Crippen molar-refractivity contribution in [2.45, 2.75) is 0 Å². The Morgan fingerprint density at radius 2 is 0.650 bits per heavy atom. The first-order chi connectivity index (χ1) is 7.93. The molecule has 4 N–H and O–H groups in total. The number of carbonyl (C=O) groups excluding carboxylic acids is 2. The molecule has 0 saturated heterocycles. The van der Waals surface area contributed by atoms with Gasteiger partial charge in [-0.2, -0.15) is 0 Å². The largest absolute Gasteiger partial charge is 2.00 e. The van der Waals surface area contributed by atoms with Crippen LogP contribution in [0.4, 0.5) is 0 Å². The zero-order chi connectivity index (χ0) is 15.5. The zero-order valence-corrected chi connectivity index (χ0v) is 15.3. The molecule has 0 rings (SSSR count). The molecule has 0 amide bonds. The van der Waals surface area contributed by atoms with E-state index >= 15 is 0 Å². The molecule has 12 nitrogen and oxygen atoms in total. The number of carboxylic acid groups (broad SMARTS) is 6. The van der Waals surface area contributed by atoms with Gasteiger partial charge in [0.05, 0.1) is 11.9 Å². The smallest absolute Gasteiger partial charge is 0.543 e. The van der Waals surface area contributed by atoms with E-state index < -0.39 is 35.8 Å². The van der Waals surface area contributed by atoms with Gasteiger partial charge in [0.25, 0.3) is 0 Å². The molecule has 106 valence electrons. The molecule has 0 spiro atoms. The van der Waals surface area contributed by atoms with Crippen LogP contribution in [0.5, 0.6) is 0 Å². The third kappa shape index (κ3) is 36.0. The second-order valence-corrected chi connectivity index (χ2v) is 1.80. The maximum absolute atomic E-state index is 9.10. The zero-order valence-electron chi connectivity index (χ0n) is 9.26. The molecule has 0 radical (unpaired) electrons. The van der Waals surface area contributed by atoms with Gasteiger partial charge in [-0.15, -0.1) is 0 Å². The molecular formula is C6H4BaO12Ti. The summed E-state index contributed by atoms with van der Waals surface area (Å²) in [4.78, 5) is 54.2. The van der Waals surface area contributed by atoms with E-state index in [2.05, 4.69) is 0 Å². The monoisotopic (exact) mass is 454 g/mol. The third-order valence-corrected chi connectivity index (χ3v) is 0.533. The topological polar surface area (TPSA) is 229 Å². The minimum absolute atomic E-state index is 0. The summed E-state index contributed by atoms with van der Waals surface area (Å²) in [6, 6.07) is 0. The summed E-state index contributed by atoms with van der Waals surface area (Å²) in [5.41, 5.74) is 0. The predicted molar refractivity (Wildman–Crippen MR) is 46.3 cm³/mol. The van der Waals surface area contributed by atoms with Crippen LogP contribution in [0.1, 0.15) is 0 Å². The van der Waals surface area contributed by atoms with E-state index in [9.17, 15) is 0 Å². The van der Waals surface area contributed by atoms with E-state index in [0.29, 0.717) is 0 Å². The Morgan fingerprint density at radius 3 is 0.650 bits per heavy atom. The van der Waals surface area contributed by atoms with Crippen LogP contribution in [0.2, 0.25) is 0 Å². The maximum Gasteiger partial charge on any atom is 2.00 e. The summed E-state index contributed by atoms with van der Waals surface area (Å²) in [5, 5.41) is 47.4. The molecule has 20 heavy (non-hydrogen) atoms. The van der Waals surface area contributed by atoms with Gasteiger partial charge in [0.15, 0.2) is 0 Å². The van der Waals surface area contributed by atoms with E-state index in [-0.39, 0.29) is 70.6 Å². The predicted octanol–water partition coefficient (Wildman–Crippen LogP) is -5.59. The van der Waals surface area contributed by atoms with Gasteiger partial charge in [-0.25, -0.2) is 19.2 Å². The molecule has 0 aliphatic rings. The quantitative estimate of drug-likeness (QED) is 0.199.